The van der Waals surface area contributed by atoms with Crippen molar-refractivity contribution in [1.82, 2.24) is 20.9 Å². The maximum absolute atomic E-state index is 12.5. The first-order valence-corrected chi connectivity index (χ1v) is 7.64. The molecule has 7 nitrogen and oxygen atoms in total. The van der Waals surface area contributed by atoms with Crippen molar-refractivity contribution in [2.24, 2.45) is 0 Å². The Hall–Kier alpha value is -2.41. The largest absolute Gasteiger partial charge is 0.337 e. The molecule has 23 heavy (non-hydrogen) atoms. The van der Waals surface area contributed by atoms with E-state index in [0.29, 0.717) is 11.1 Å². The summed E-state index contributed by atoms with van der Waals surface area (Å²) in [5.41, 5.74) is 0.110. The molecule has 2 unspecified atom stereocenters. The lowest BCUT2D eigenvalue weighted by molar-refractivity contribution is -0.123. The number of rotatable bonds is 3. The molecule has 4 amide bonds. The number of likely N-dealkylation sites (N-methyl/N-ethyl adjacent to an activating group) is 1. The van der Waals surface area contributed by atoms with Gasteiger partial charge in [0, 0.05) is 25.2 Å². The zero-order chi connectivity index (χ0) is 16.6. The highest BCUT2D eigenvalue weighted by molar-refractivity contribution is 6.07. The Balaban J connectivity index is 1.78. The number of urea groups is 1. The average Bonchev–Trinajstić information content (AvgIpc) is 3.15. The second-order valence-corrected chi connectivity index (χ2v) is 6.17. The maximum atomic E-state index is 12.5. The fraction of sp³-hybridized carbons (Fsp3) is 0.438. The number of benzene rings is 1. The number of nitrogens with one attached hydrogen (secondary N) is 3. The van der Waals surface area contributed by atoms with Crippen molar-refractivity contribution in [3.05, 3.63) is 35.4 Å². The predicted octanol–water partition coefficient (Wildman–Crippen LogP) is 0.175. The van der Waals surface area contributed by atoms with Crippen molar-refractivity contribution in [2.45, 2.75) is 24.9 Å². The zero-order valence-corrected chi connectivity index (χ0v) is 13.2. The molecule has 0 spiro atoms. The minimum Gasteiger partial charge on any atom is -0.337 e. The van der Waals surface area contributed by atoms with E-state index in [4.69, 9.17) is 0 Å². The molecule has 2 atom stereocenters. The minimum atomic E-state index is -1.10. The molecule has 2 heterocycles. The number of amides is 4. The van der Waals surface area contributed by atoms with Crippen molar-refractivity contribution < 1.29 is 14.4 Å². The van der Waals surface area contributed by atoms with E-state index >= 15 is 0 Å². The predicted molar refractivity (Wildman–Crippen MR) is 83.8 cm³/mol. The van der Waals surface area contributed by atoms with E-state index in [1.807, 2.05) is 0 Å². The van der Waals surface area contributed by atoms with E-state index < -0.39 is 17.5 Å². The third-order valence-corrected chi connectivity index (χ3v) is 4.66. The van der Waals surface area contributed by atoms with Crippen LogP contribution in [0.15, 0.2) is 24.3 Å². The van der Waals surface area contributed by atoms with Crippen LogP contribution in [0.4, 0.5) is 4.79 Å². The fourth-order valence-corrected chi connectivity index (χ4v) is 3.03. The summed E-state index contributed by atoms with van der Waals surface area (Å²) < 4.78 is 0. The zero-order valence-electron chi connectivity index (χ0n) is 13.2. The molecule has 2 saturated heterocycles. The van der Waals surface area contributed by atoms with Crippen LogP contribution in [0.5, 0.6) is 0 Å². The van der Waals surface area contributed by atoms with Gasteiger partial charge in [0.15, 0.2) is 0 Å². The molecule has 1 aromatic rings. The number of nitrogens with zero attached hydrogens (tertiary/aromatic N) is 1. The summed E-state index contributed by atoms with van der Waals surface area (Å²) in [6.45, 7) is 3.37. The van der Waals surface area contributed by atoms with Crippen LogP contribution in [0.25, 0.3) is 0 Å². The highest BCUT2D eigenvalue weighted by Crippen LogP contribution is 2.25. The van der Waals surface area contributed by atoms with E-state index in [1.165, 1.54) is 0 Å². The smallest absolute Gasteiger partial charge is 0.322 e. The molecule has 122 valence electrons. The lowest BCUT2D eigenvalue weighted by Crippen LogP contribution is -2.40. The summed E-state index contributed by atoms with van der Waals surface area (Å²) in [5, 5.41) is 8.08. The monoisotopic (exact) mass is 316 g/mol. The van der Waals surface area contributed by atoms with Gasteiger partial charge in [0.2, 0.25) is 0 Å². The lowest BCUT2D eigenvalue weighted by Gasteiger charge is -2.25. The van der Waals surface area contributed by atoms with Crippen LogP contribution < -0.4 is 16.0 Å². The van der Waals surface area contributed by atoms with Crippen LogP contribution in [0, 0.1) is 0 Å². The molecule has 1 aromatic carbocycles. The van der Waals surface area contributed by atoms with Gasteiger partial charge in [-0.05, 0) is 37.6 Å². The Morgan fingerprint density at radius 2 is 1.96 bits per heavy atom. The molecule has 0 bridgehead atoms. The summed E-state index contributed by atoms with van der Waals surface area (Å²) in [6.07, 6.45) is 0.949. The second-order valence-electron chi connectivity index (χ2n) is 6.17. The summed E-state index contributed by atoms with van der Waals surface area (Å²) in [5.74, 6) is -0.439. The first-order chi connectivity index (χ1) is 10.9. The summed E-state index contributed by atoms with van der Waals surface area (Å²) in [7, 11) is 1.81. The summed E-state index contributed by atoms with van der Waals surface area (Å²) >= 11 is 0. The molecule has 3 rings (SSSR count). The Morgan fingerprint density at radius 3 is 2.48 bits per heavy atom. The molecule has 0 aliphatic carbocycles. The average molecular weight is 316 g/mol. The van der Waals surface area contributed by atoms with E-state index in [9.17, 15) is 14.4 Å². The van der Waals surface area contributed by atoms with Crippen molar-refractivity contribution in [3.8, 4) is 0 Å². The van der Waals surface area contributed by atoms with Gasteiger partial charge in [-0.3, -0.25) is 14.9 Å². The number of carbonyl (C=O) groups excluding carboxylic acids is 3. The normalized spacial score (nSPS) is 26.8. The van der Waals surface area contributed by atoms with Crippen LogP contribution in [0.1, 0.15) is 29.3 Å². The molecule has 2 fully saturated rings. The quantitative estimate of drug-likeness (QED) is 0.694. The number of hydrogen-bond donors (Lipinski definition) is 3. The van der Waals surface area contributed by atoms with Gasteiger partial charge in [-0.2, -0.15) is 0 Å². The summed E-state index contributed by atoms with van der Waals surface area (Å²) in [6, 6.07) is 6.50. The van der Waals surface area contributed by atoms with Gasteiger partial charge in [-0.25, -0.2) is 4.79 Å². The van der Waals surface area contributed by atoms with Crippen molar-refractivity contribution in [1.29, 1.82) is 0 Å². The Kier molecular flexibility index (Phi) is 3.81. The Bertz CT molecular complexity index is 652. The summed E-state index contributed by atoms with van der Waals surface area (Å²) in [4.78, 5) is 37.5. The Labute approximate surface area is 134 Å². The molecular formula is C16H20N4O3. The van der Waals surface area contributed by atoms with Crippen LogP contribution in [0.3, 0.4) is 0 Å². The fourth-order valence-electron chi connectivity index (χ4n) is 3.03. The van der Waals surface area contributed by atoms with Gasteiger partial charge in [0.25, 0.3) is 11.8 Å². The van der Waals surface area contributed by atoms with Crippen molar-refractivity contribution >= 4 is 17.8 Å². The van der Waals surface area contributed by atoms with Gasteiger partial charge in [0.1, 0.15) is 5.54 Å². The second kappa shape index (κ2) is 5.66. The maximum Gasteiger partial charge on any atom is 0.322 e. The van der Waals surface area contributed by atoms with Crippen LogP contribution in [0.2, 0.25) is 0 Å². The Morgan fingerprint density at radius 1 is 1.26 bits per heavy atom. The standard InChI is InChI=1S/C16H20N4O3/c1-16(14(22)18-15(23)19-16)11-5-3-10(4-6-11)13(21)20(2)12-7-8-17-9-12/h3-6,12,17H,7-9H2,1-2H3,(H2,18,19,22,23). The molecule has 2 aliphatic heterocycles. The van der Waals surface area contributed by atoms with Crippen LogP contribution in [-0.2, 0) is 10.3 Å². The first-order valence-electron chi connectivity index (χ1n) is 7.64. The topological polar surface area (TPSA) is 90.5 Å². The molecule has 0 aromatic heterocycles. The van der Waals surface area contributed by atoms with Gasteiger partial charge in [-0.1, -0.05) is 12.1 Å². The molecule has 7 heteroatoms. The third kappa shape index (κ3) is 2.68. The highest BCUT2D eigenvalue weighted by Gasteiger charge is 2.43. The third-order valence-electron chi connectivity index (χ3n) is 4.66. The van der Waals surface area contributed by atoms with Gasteiger partial charge < -0.3 is 15.5 Å². The number of imide groups is 1. The van der Waals surface area contributed by atoms with Gasteiger partial charge in [-0.15, -0.1) is 0 Å². The molecule has 0 radical (unpaired) electrons. The molecule has 3 N–H and O–H groups in total. The SMILES string of the molecule is CN(C(=O)c1ccc(C2(C)NC(=O)NC2=O)cc1)C1CCNC1. The van der Waals surface area contributed by atoms with E-state index in [-0.39, 0.29) is 11.9 Å². The van der Waals surface area contributed by atoms with E-state index in [0.717, 1.165) is 19.5 Å². The van der Waals surface area contributed by atoms with Crippen molar-refractivity contribution in [3.63, 3.8) is 0 Å². The molecule has 0 saturated carbocycles. The van der Waals surface area contributed by atoms with Crippen LogP contribution in [-0.4, -0.2) is 48.9 Å². The first kappa shape index (κ1) is 15.5. The van der Waals surface area contributed by atoms with Crippen LogP contribution >= 0.6 is 0 Å². The molecular weight excluding hydrogens is 296 g/mol. The van der Waals surface area contributed by atoms with E-state index in [2.05, 4.69) is 16.0 Å². The van der Waals surface area contributed by atoms with Gasteiger partial charge in [0.05, 0.1) is 0 Å². The van der Waals surface area contributed by atoms with E-state index in [1.54, 1.807) is 43.1 Å². The number of carbonyl (C=O) groups is 3. The lowest BCUT2D eigenvalue weighted by atomic mass is 9.91. The number of hydrogen-bond acceptors (Lipinski definition) is 4. The molecule has 2 aliphatic rings. The van der Waals surface area contributed by atoms with Gasteiger partial charge >= 0.3 is 6.03 Å². The minimum absolute atomic E-state index is 0.0460. The highest BCUT2D eigenvalue weighted by atomic mass is 16.2. The van der Waals surface area contributed by atoms with Crippen molar-refractivity contribution in [2.75, 3.05) is 20.1 Å².